The average molecular weight is 422 g/mol. The number of amides is 1. The molecule has 0 aliphatic rings. The van der Waals surface area contributed by atoms with Gasteiger partial charge in [-0.25, -0.2) is 4.79 Å². The molecule has 156 valence electrons. The summed E-state index contributed by atoms with van der Waals surface area (Å²) in [6.45, 7) is 18.8. The van der Waals surface area contributed by atoms with Crippen molar-refractivity contribution in [1.82, 2.24) is 4.57 Å². The summed E-state index contributed by atoms with van der Waals surface area (Å²) in [5.74, 6) is 0. The molecule has 0 aromatic heterocycles. The lowest BCUT2D eigenvalue weighted by atomic mass is 10.5. The third kappa shape index (κ3) is 8.24. The average Bonchev–Trinajstić information content (AvgIpc) is 2.60. The van der Waals surface area contributed by atoms with E-state index in [1.165, 1.54) is 0 Å². The Labute approximate surface area is 165 Å². The highest BCUT2D eigenvalue weighted by Gasteiger charge is 2.38. The van der Waals surface area contributed by atoms with Gasteiger partial charge in [-0.15, -0.1) is 0 Å². The second-order valence-corrected chi connectivity index (χ2v) is 21.3. The monoisotopic (exact) mass is 421 g/mol. The first kappa shape index (κ1) is 25.8. The van der Waals surface area contributed by atoms with E-state index < -0.39 is 25.1 Å². The third-order valence-corrected chi connectivity index (χ3v) is 14.8. The number of hydrogen-bond acceptors (Lipinski definition) is 4. The molecule has 0 bridgehead atoms. The summed E-state index contributed by atoms with van der Waals surface area (Å²) in [6, 6.07) is 3.87. The Hall–Kier alpha value is -0.159. The normalized spacial score (nSPS) is 14.8. The van der Waals surface area contributed by atoms with E-state index in [1.54, 1.807) is 7.11 Å². The number of hydrogen-bond donors (Lipinski definition) is 0. The number of carbonyl (C=O) groups is 1. The quantitative estimate of drug-likeness (QED) is 0.353. The van der Waals surface area contributed by atoms with Gasteiger partial charge in [0.15, 0.2) is 8.24 Å². The lowest BCUT2D eigenvalue weighted by molar-refractivity contribution is 0.171. The molecule has 0 fully saturated rings. The Morgan fingerprint density at radius 3 is 1.88 bits per heavy atom. The maximum atomic E-state index is 13.0. The zero-order valence-corrected chi connectivity index (χ0v) is 21.7. The van der Waals surface area contributed by atoms with Crippen molar-refractivity contribution in [3.05, 3.63) is 0 Å². The van der Waals surface area contributed by atoms with Gasteiger partial charge in [0.1, 0.15) is 0 Å². The van der Waals surface area contributed by atoms with E-state index in [0.717, 1.165) is 50.2 Å². The van der Waals surface area contributed by atoms with Crippen LogP contribution in [0.1, 0.15) is 40.5 Å². The molecule has 1 atom stereocenters. The van der Waals surface area contributed by atoms with E-state index in [-0.39, 0.29) is 6.09 Å². The van der Waals surface area contributed by atoms with Crippen LogP contribution in [0.5, 0.6) is 0 Å². The zero-order chi connectivity index (χ0) is 20.4. The lowest BCUT2D eigenvalue weighted by Crippen LogP contribution is -2.54. The molecule has 8 heteroatoms. The van der Waals surface area contributed by atoms with E-state index in [0.29, 0.717) is 0 Å². The predicted molar refractivity (Wildman–Crippen MR) is 118 cm³/mol. The van der Waals surface area contributed by atoms with Gasteiger partial charge in [-0.2, -0.15) is 0 Å². The molecule has 0 rings (SSSR count). The molecular formula is C18H43NO4Si3. The maximum Gasteiger partial charge on any atom is 0.388 e. The molecule has 1 unspecified atom stereocenters. The predicted octanol–water partition coefficient (Wildman–Crippen LogP) is 5.80. The molecule has 0 spiro atoms. The second kappa shape index (κ2) is 11.6. The van der Waals surface area contributed by atoms with E-state index in [4.69, 9.17) is 13.3 Å². The third-order valence-electron chi connectivity index (χ3n) is 5.32. The van der Waals surface area contributed by atoms with Gasteiger partial charge in [-0.3, -0.25) is 0 Å². The summed E-state index contributed by atoms with van der Waals surface area (Å²) < 4.78 is 19.9. The summed E-state index contributed by atoms with van der Waals surface area (Å²) in [7, 11) is -4.12. The van der Waals surface area contributed by atoms with Gasteiger partial charge in [0, 0.05) is 20.3 Å². The minimum absolute atomic E-state index is 0.0864. The minimum atomic E-state index is -2.13. The molecule has 1 amide bonds. The van der Waals surface area contributed by atoms with Crippen molar-refractivity contribution < 1.29 is 18.1 Å². The van der Waals surface area contributed by atoms with Crippen LogP contribution in [0.15, 0.2) is 0 Å². The minimum Gasteiger partial charge on any atom is -0.504 e. The van der Waals surface area contributed by atoms with Crippen LogP contribution in [-0.2, 0) is 13.3 Å². The lowest BCUT2D eigenvalue weighted by Gasteiger charge is -2.38. The summed E-state index contributed by atoms with van der Waals surface area (Å²) in [5, 5.41) is 0. The van der Waals surface area contributed by atoms with Crippen molar-refractivity contribution in [3.63, 3.8) is 0 Å². The van der Waals surface area contributed by atoms with Crippen molar-refractivity contribution in [3.8, 4) is 0 Å². The molecule has 0 aromatic rings. The number of nitrogens with zero attached hydrogens (tertiary/aromatic N) is 1. The molecule has 0 aliphatic carbocycles. The highest BCUT2D eigenvalue weighted by atomic mass is 28.4. The maximum absolute atomic E-state index is 13.0. The molecule has 0 heterocycles. The fourth-order valence-corrected chi connectivity index (χ4v) is 8.85. The Kier molecular flexibility index (Phi) is 11.6. The smallest absolute Gasteiger partial charge is 0.388 e. The SMILES string of the molecule is CCCO[Si](C)(CCCN(C(=O)O[Si](CC)(CC)CC)[Si](C)(C)C)OC. The van der Waals surface area contributed by atoms with Gasteiger partial charge in [0.2, 0.25) is 0 Å². The molecule has 0 aromatic carbocycles. The Morgan fingerprint density at radius 2 is 1.50 bits per heavy atom. The standard InChI is InChI=1S/C18H43NO4Si3/c1-10-16-22-25(9,21-5)17-14-15-19(24(6,7)8)18(20)23-26(11-2,12-3)13-4/h10-17H2,1-9H3. The molecule has 0 aliphatic heterocycles. The first-order valence-corrected chi connectivity index (χ1v) is 18.7. The van der Waals surface area contributed by atoms with Crippen LogP contribution in [0.2, 0.25) is 50.4 Å². The van der Waals surface area contributed by atoms with Gasteiger partial charge in [-0.1, -0.05) is 47.3 Å². The summed E-state index contributed by atoms with van der Waals surface area (Å²) in [6.07, 6.45) is 1.81. The summed E-state index contributed by atoms with van der Waals surface area (Å²) in [4.78, 5) is 13.0. The molecule has 0 saturated heterocycles. The van der Waals surface area contributed by atoms with Gasteiger partial charge in [0.05, 0.1) is 0 Å². The van der Waals surface area contributed by atoms with Gasteiger partial charge in [0.25, 0.3) is 8.32 Å². The topological polar surface area (TPSA) is 48.0 Å². The molecule has 0 radical (unpaired) electrons. The first-order chi connectivity index (χ1) is 12.0. The molecule has 5 nitrogen and oxygen atoms in total. The van der Waals surface area contributed by atoms with E-state index in [2.05, 4.69) is 53.9 Å². The van der Waals surface area contributed by atoms with Crippen LogP contribution in [0.4, 0.5) is 4.79 Å². The highest BCUT2D eigenvalue weighted by Crippen LogP contribution is 2.25. The van der Waals surface area contributed by atoms with Crippen LogP contribution in [0.25, 0.3) is 0 Å². The van der Waals surface area contributed by atoms with E-state index in [9.17, 15) is 4.79 Å². The van der Waals surface area contributed by atoms with Gasteiger partial charge >= 0.3 is 14.7 Å². The summed E-state index contributed by atoms with van der Waals surface area (Å²) >= 11 is 0. The van der Waals surface area contributed by atoms with Crippen LogP contribution in [0, 0.1) is 0 Å². The highest BCUT2D eigenvalue weighted by molar-refractivity contribution is 6.77. The number of carbonyl (C=O) groups excluding carboxylic acids is 1. The molecule has 26 heavy (non-hydrogen) atoms. The fourth-order valence-electron chi connectivity index (χ4n) is 3.02. The van der Waals surface area contributed by atoms with Crippen molar-refractivity contribution in [2.24, 2.45) is 0 Å². The Balaban J connectivity index is 4.99. The van der Waals surface area contributed by atoms with Crippen LogP contribution >= 0.6 is 0 Å². The van der Waals surface area contributed by atoms with Crippen molar-refractivity contribution >= 4 is 31.2 Å². The molecule has 0 N–H and O–H groups in total. The molecular weight excluding hydrogens is 378 g/mol. The zero-order valence-electron chi connectivity index (χ0n) is 18.7. The van der Waals surface area contributed by atoms with Gasteiger partial charge in [-0.05, 0) is 43.6 Å². The van der Waals surface area contributed by atoms with Crippen LogP contribution in [-0.4, -0.2) is 56.0 Å². The fraction of sp³-hybridized carbons (Fsp3) is 0.944. The van der Waals surface area contributed by atoms with Crippen LogP contribution in [0.3, 0.4) is 0 Å². The largest absolute Gasteiger partial charge is 0.504 e. The van der Waals surface area contributed by atoms with Gasteiger partial charge < -0.3 is 17.8 Å². The second-order valence-electron chi connectivity index (χ2n) is 8.22. The first-order valence-electron chi connectivity index (χ1n) is 10.2. The van der Waals surface area contributed by atoms with E-state index in [1.807, 2.05) is 4.57 Å². The van der Waals surface area contributed by atoms with Crippen molar-refractivity contribution in [2.45, 2.75) is 90.9 Å². The Bertz CT molecular complexity index is 405. The Morgan fingerprint density at radius 1 is 0.962 bits per heavy atom. The number of rotatable bonds is 13. The van der Waals surface area contributed by atoms with Crippen molar-refractivity contribution in [2.75, 3.05) is 20.3 Å². The van der Waals surface area contributed by atoms with Crippen molar-refractivity contribution in [1.29, 1.82) is 0 Å². The van der Waals surface area contributed by atoms with E-state index >= 15 is 0 Å². The molecule has 0 saturated carbocycles. The summed E-state index contributed by atoms with van der Waals surface area (Å²) in [5.41, 5.74) is 0. The van der Waals surface area contributed by atoms with Crippen LogP contribution < -0.4 is 0 Å².